The zero-order chi connectivity index (χ0) is 12.9. The highest BCUT2D eigenvalue weighted by Gasteiger charge is 2.17. The molecule has 0 radical (unpaired) electrons. The van der Waals surface area contributed by atoms with Gasteiger partial charge >= 0.3 is 0 Å². The molecule has 0 bridgehead atoms. The second-order valence-electron chi connectivity index (χ2n) is 4.16. The standard InChI is InChI=1S/C13H20O3S/c1-4-6-12-7-9-13(10-8-12)17(14,15)16-11(3)5-2/h7-11H,4-6H2,1-3H3. The topological polar surface area (TPSA) is 43.4 Å². The van der Waals surface area contributed by atoms with Crippen LogP contribution >= 0.6 is 0 Å². The SMILES string of the molecule is CCCc1ccc(S(=O)(=O)OC(C)CC)cc1. The Morgan fingerprint density at radius 2 is 1.76 bits per heavy atom. The van der Waals surface area contributed by atoms with Crippen LogP contribution in [-0.2, 0) is 20.7 Å². The minimum absolute atomic E-state index is 0.234. The number of rotatable bonds is 6. The first-order valence-electron chi connectivity index (χ1n) is 6.01. The third-order valence-electron chi connectivity index (χ3n) is 2.62. The van der Waals surface area contributed by atoms with Crippen LogP contribution in [0.4, 0.5) is 0 Å². The lowest BCUT2D eigenvalue weighted by Crippen LogP contribution is -2.14. The van der Waals surface area contributed by atoms with Gasteiger partial charge in [-0.1, -0.05) is 32.4 Å². The zero-order valence-electron chi connectivity index (χ0n) is 10.6. The highest BCUT2D eigenvalue weighted by Crippen LogP contribution is 2.16. The van der Waals surface area contributed by atoms with Crippen LogP contribution in [0.5, 0.6) is 0 Å². The maximum atomic E-state index is 11.8. The van der Waals surface area contributed by atoms with Crippen LogP contribution in [0.15, 0.2) is 29.2 Å². The van der Waals surface area contributed by atoms with Crippen LogP contribution in [0.2, 0.25) is 0 Å². The minimum Gasteiger partial charge on any atom is -0.263 e. The van der Waals surface area contributed by atoms with E-state index in [4.69, 9.17) is 4.18 Å². The summed E-state index contributed by atoms with van der Waals surface area (Å²) in [6.07, 6.45) is 2.41. The summed E-state index contributed by atoms with van der Waals surface area (Å²) in [7, 11) is -3.60. The number of benzene rings is 1. The number of aryl methyl sites for hydroxylation is 1. The Balaban J connectivity index is 2.85. The first kappa shape index (κ1) is 14.2. The van der Waals surface area contributed by atoms with Crippen molar-refractivity contribution >= 4 is 10.1 Å². The highest BCUT2D eigenvalue weighted by molar-refractivity contribution is 7.86. The molecule has 0 N–H and O–H groups in total. The van der Waals surface area contributed by atoms with Crippen molar-refractivity contribution in [2.45, 2.75) is 51.0 Å². The molecule has 96 valence electrons. The van der Waals surface area contributed by atoms with Crippen LogP contribution in [-0.4, -0.2) is 14.5 Å². The third kappa shape index (κ3) is 4.13. The van der Waals surface area contributed by atoms with Gasteiger partial charge < -0.3 is 0 Å². The molecular formula is C13H20O3S. The summed E-state index contributed by atoms with van der Waals surface area (Å²) < 4.78 is 28.7. The maximum Gasteiger partial charge on any atom is 0.297 e. The summed E-state index contributed by atoms with van der Waals surface area (Å²) in [6.45, 7) is 5.74. The molecule has 17 heavy (non-hydrogen) atoms. The Hall–Kier alpha value is -0.870. The molecule has 4 heteroatoms. The first-order chi connectivity index (χ1) is 7.99. The van der Waals surface area contributed by atoms with E-state index in [1.54, 1.807) is 19.1 Å². The largest absolute Gasteiger partial charge is 0.297 e. The van der Waals surface area contributed by atoms with E-state index < -0.39 is 10.1 Å². The molecule has 3 nitrogen and oxygen atoms in total. The molecule has 1 atom stereocenters. The molecule has 1 rings (SSSR count). The summed E-state index contributed by atoms with van der Waals surface area (Å²) in [4.78, 5) is 0.234. The molecule has 0 heterocycles. The van der Waals surface area contributed by atoms with Crippen molar-refractivity contribution in [1.29, 1.82) is 0 Å². The van der Waals surface area contributed by atoms with Gasteiger partial charge in [0.2, 0.25) is 0 Å². The lowest BCUT2D eigenvalue weighted by molar-refractivity contribution is 0.224. The average Bonchev–Trinajstić information content (AvgIpc) is 2.29. The molecule has 0 amide bonds. The summed E-state index contributed by atoms with van der Waals surface area (Å²) in [5.74, 6) is 0. The van der Waals surface area contributed by atoms with Gasteiger partial charge in [0.1, 0.15) is 0 Å². The van der Waals surface area contributed by atoms with E-state index in [1.807, 2.05) is 19.1 Å². The molecule has 1 aromatic rings. The van der Waals surface area contributed by atoms with Gasteiger partial charge in [-0.05, 0) is 37.5 Å². The fraction of sp³-hybridized carbons (Fsp3) is 0.538. The van der Waals surface area contributed by atoms with Gasteiger partial charge in [0, 0.05) is 0 Å². The highest BCUT2D eigenvalue weighted by atomic mass is 32.2. The van der Waals surface area contributed by atoms with E-state index in [9.17, 15) is 8.42 Å². The molecule has 1 aromatic carbocycles. The Kier molecular flexibility index (Phi) is 5.15. The third-order valence-corrected chi connectivity index (χ3v) is 4.05. The van der Waals surface area contributed by atoms with Crippen LogP contribution in [0.25, 0.3) is 0 Å². The van der Waals surface area contributed by atoms with Gasteiger partial charge in [0.15, 0.2) is 0 Å². The van der Waals surface area contributed by atoms with Crippen LogP contribution in [0.3, 0.4) is 0 Å². The zero-order valence-corrected chi connectivity index (χ0v) is 11.5. The quantitative estimate of drug-likeness (QED) is 0.734. The van der Waals surface area contributed by atoms with E-state index in [1.165, 1.54) is 0 Å². The fourth-order valence-electron chi connectivity index (χ4n) is 1.45. The Labute approximate surface area is 104 Å². The van der Waals surface area contributed by atoms with Gasteiger partial charge in [-0.25, -0.2) is 0 Å². The van der Waals surface area contributed by atoms with E-state index in [0.717, 1.165) is 18.4 Å². The number of hydrogen-bond acceptors (Lipinski definition) is 3. The Morgan fingerprint density at radius 3 is 2.24 bits per heavy atom. The molecule has 0 aliphatic rings. The molecular weight excluding hydrogens is 236 g/mol. The van der Waals surface area contributed by atoms with Crippen LogP contribution in [0, 0.1) is 0 Å². The molecule has 0 aliphatic carbocycles. The van der Waals surface area contributed by atoms with E-state index in [2.05, 4.69) is 6.92 Å². The van der Waals surface area contributed by atoms with Crippen molar-refractivity contribution in [2.75, 3.05) is 0 Å². The molecule has 0 aliphatic heterocycles. The van der Waals surface area contributed by atoms with Gasteiger partial charge in [0.05, 0.1) is 11.0 Å². The van der Waals surface area contributed by atoms with Gasteiger partial charge in [0.25, 0.3) is 10.1 Å². The summed E-state index contributed by atoms with van der Waals surface area (Å²) in [6, 6.07) is 6.91. The van der Waals surface area contributed by atoms with Crippen molar-refractivity contribution in [2.24, 2.45) is 0 Å². The minimum atomic E-state index is -3.60. The normalized spacial score (nSPS) is 13.6. The summed E-state index contributed by atoms with van der Waals surface area (Å²) >= 11 is 0. The predicted octanol–water partition coefficient (Wildman–Crippen LogP) is 3.14. The lowest BCUT2D eigenvalue weighted by atomic mass is 10.1. The van der Waals surface area contributed by atoms with Gasteiger partial charge in [-0.15, -0.1) is 0 Å². The van der Waals surface area contributed by atoms with Crippen molar-refractivity contribution < 1.29 is 12.6 Å². The number of hydrogen-bond donors (Lipinski definition) is 0. The van der Waals surface area contributed by atoms with Crippen LogP contribution in [0.1, 0.15) is 39.2 Å². The second kappa shape index (κ2) is 6.17. The summed E-state index contributed by atoms with van der Waals surface area (Å²) in [5.41, 5.74) is 1.15. The molecule has 1 unspecified atom stereocenters. The smallest absolute Gasteiger partial charge is 0.263 e. The predicted molar refractivity (Wildman–Crippen MR) is 68.5 cm³/mol. The molecule has 0 spiro atoms. The van der Waals surface area contributed by atoms with Gasteiger partial charge in [-0.2, -0.15) is 8.42 Å². The lowest BCUT2D eigenvalue weighted by Gasteiger charge is -2.11. The Bertz CT molecular complexity index is 434. The summed E-state index contributed by atoms with van der Waals surface area (Å²) in [5, 5.41) is 0. The van der Waals surface area contributed by atoms with Crippen molar-refractivity contribution in [3.63, 3.8) is 0 Å². The van der Waals surface area contributed by atoms with Crippen molar-refractivity contribution in [1.82, 2.24) is 0 Å². The first-order valence-corrected chi connectivity index (χ1v) is 7.42. The van der Waals surface area contributed by atoms with E-state index in [-0.39, 0.29) is 11.0 Å². The molecule has 0 saturated carbocycles. The monoisotopic (exact) mass is 256 g/mol. The maximum absolute atomic E-state index is 11.8. The fourth-order valence-corrected chi connectivity index (χ4v) is 2.60. The van der Waals surface area contributed by atoms with E-state index in [0.29, 0.717) is 6.42 Å². The van der Waals surface area contributed by atoms with Gasteiger partial charge in [-0.3, -0.25) is 4.18 Å². The van der Waals surface area contributed by atoms with Crippen LogP contribution < -0.4 is 0 Å². The molecule has 0 saturated heterocycles. The molecule has 0 aromatic heterocycles. The average molecular weight is 256 g/mol. The van der Waals surface area contributed by atoms with E-state index >= 15 is 0 Å². The molecule has 0 fully saturated rings. The Morgan fingerprint density at radius 1 is 1.18 bits per heavy atom. The van der Waals surface area contributed by atoms with Crippen molar-refractivity contribution in [3.8, 4) is 0 Å². The van der Waals surface area contributed by atoms with Crippen molar-refractivity contribution in [3.05, 3.63) is 29.8 Å². The second-order valence-corrected chi connectivity index (χ2v) is 5.74.